The van der Waals surface area contributed by atoms with Gasteiger partial charge in [0.2, 0.25) is 0 Å². The minimum absolute atomic E-state index is 0. The van der Waals surface area contributed by atoms with Crippen molar-refractivity contribution in [2.24, 2.45) is 5.73 Å². The SMILES string of the molecule is C=CCC[C@H](N)c1cccc(Br)n1.Cl. The summed E-state index contributed by atoms with van der Waals surface area (Å²) in [7, 11) is 0. The van der Waals surface area contributed by atoms with Crippen LogP contribution in [0.4, 0.5) is 0 Å². The lowest BCUT2D eigenvalue weighted by atomic mass is 10.1. The third-order valence-corrected chi connectivity index (χ3v) is 2.24. The summed E-state index contributed by atoms with van der Waals surface area (Å²) in [5, 5.41) is 0. The Hall–Kier alpha value is -0.380. The molecule has 0 aliphatic rings. The zero-order valence-electron chi connectivity index (χ0n) is 7.82. The van der Waals surface area contributed by atoms with Crippen molar-refractivity contribution >= 4 is 28.3 Å². The Kier molecular flexibility index (Phi) is 6.79. The standard InChI is InChI=1S/C10H13BrN2.ClH/c1-2-3-5-8(12)9-6-4-7-10(11)13-9;/h2,4,6-8H,1,3,5,12H2;1H/t8-;/m0./s1. The Morgan fingerprint density at radius 3 is 2.86 bits per heavy atom. The van der Waals surface area contributed by atoms with Gasteiger partial charge in [-0.3, -0.25) is 0 Å². The zero-order valence-corrected chi connectivity index (χ0v) is 10.2. The molecule has 0 spiro atoms. The highest BCUT2D eigenvalue weighted by Gasteiger charge is 2.05. The van der Waals surface area contributed by atoms with E-state index in [2.05, 4.69) is 27.5 Å². The van der Waals surface area contributed by atoms with Crippen LogP contribution in [0.2, 0.25) is 0 Å². The van der Waals surface area contributed by atoms with Crippen LogP contribution in [-0.4, -0.2) is 4.98 Å². The monoisotopic (exact) mass is 276 g/mol. The van der Waals surface area contributed by atoms with E-state index in [9.17, 15) is 0 Å². The Morgan fingerprint density at radius 2 is 2.29 bits per heavy atom. The van der Waals surface area contributed by atoms with Gasteiger partial charge in [-0.2, -0.15) is 0 Å². The maximum atomic E-state index is 5.92. The average molecular weight is 278 g/mol. The lowest BCUT2D eigenvalue weighted by Gasteiger charge is -2.09. The fourth-order valence-corrected chi connectivity index (χ4v) is 1.43. The van der Waals surface area contributed by atoms with E-state index >= 15 is 0 Å². The number of nitrogens with two attached hydrogens (primary N) is 1. The molecule has 14 heavy (non-hydrogen) atoms. The van der Waals surface area contributed by atoms with Gasteiger partial charge in [0, 0.05) is 6.04 Å². The molecule has 78 valence electrons. The highest BCUT2D eigenvalue weighted by Crippen LogP contribution is 2.15. The second-order valence-corrected chi connectivity index (χ2v) is 3.67. The van der Waals surface area contributed by atoms with E-state index < -0.39 is 0 Å². The molecule has 0 saturated carbocycles. The summed E-state index contributed by atoms with van der Waals surface area (Å²) < 4.78 is 0.832. The van der Waals surface area contributed by atoms with Gasteiger partial charge in [0.25, 0.3) is 0 Å². The third-order valence-electron chi connectivity index (χ3n) is 1.80. The number of pyridine rings is 1. The Bertz CT molecular complexity index is 291. The maximum Gasteiger partial charge on any atom is 0.106 e. The number of aromatic nitrogens is 1. The van der Waals surface area contributed by atoms with E-state index in [1.54, 1.807) is 0 Å². The van der Waals surface area contributed by atoms with E-state index in [1.807, 2.05) is 24.3 Å². The molecule has 1 aromatic heterocycles. The summed E-state index contributed by atoms with van der Waals surface area (Å²) in [6.45, 7) is 3.66. The molecule has 0 bridgehead atoms. The van der Waals surface area contributed by atoms with Crippen molar-refractivity contribution in [3.8, 4) is 0 Å². The fraction of sp³-hybridized carbons (Fsp3) is 0.300. The number of hydrogen-bond acceptors (Lipinski definition) is 2. The molecular weight excluding hydrogens is 263 g/mol. The summed E-state index contributed by atoms with van der Waals surface area (Å²) in [6.07, 6.45) is 3.69. The molecule has 2 nitrogen and oxygen atoms in total. The van der Waals surface area contributed by atoms with Gasteiger partial charge in [0.05, 0.1) is 5.69 Å². The molecule has 0 unspecified atom stereocenters. The zero-order chi connectivity index (χ0) is 9.68. The maximum absolute atomic E-state index is 5.92. The summed E-state index contributed by atoms with van der Waals surface area (Å²) in [5.41, 5.74) is 6.85. The molecule has 1 aromatic rings. The number of hydrogen-bond donors (Lipinski definition) is 1. The molecule has 0 aliphatic heterocycles. The first kappa shape index (κ1) is 13.6. The molecule has 1 atom stereocenters. The number of halogens is 2. The van der Waals surface area contributed by atoms with Gasteiger partial charge in [0.15, 0.2) is 0 Å². The van der Waals surface area contributed by atoms with Gasteiger partial charge in [-0.05, 0) is 40.9 Å². The first-order valence-electron chi connectivity index (χ1n) is 4.23. The van der Waals surface area contributed by atoms with Gasteiger partial charge >= 0.3 is 0 Å². The second-order valence-electron chi connectivity index (χ2n) is 2.86. The lowest BCUT2D eigenvalue weighted by Crippen LogP contribution is -2.11. The summed E-state index contributed by atoms with van der Waals surface area (Å²) >= 11 is 3.31. The van der Waals surface area contributed by atoms with E-state index in [1.165, 1.54) is 0 Å². The molecule has 0 aliphatic carbocycles. The predicted octanol–water partition coefficient (Wildman–Crippen LogP) is 3.23. The smallest absolute Gasteiger partial charge is 0.106 e. The van der Waals surface area contributed by atoms with Crippen LogP contribution in [0.1, 0.15) is 24.6 Å². The van der Waals surface area contributed by atoms with Gasteiger partial charge < -0.3 is 5.73 Å². The molecule has 0 saturated heterocycles. The first-order valence-corrected chi connectivity index (χ1v) is 5.02. The molecule has 0 radical (unpaired) electrons. The van der Waals surface area contributed by atoms with Crippen molar-refractivity contribution < 1.29 is 0 Å². The van der Waals surface area contributed by atoms with Gasteiger partial charge in [0.1, 0.15) is 4.60 Å². The van der Waals surface area contributed by atoms with Gasteiger partial charge in [-0.25, -0.2) is 4.98 Å². The number of rotatable bonds is 4. The topological polar surface area (TPSA) is 38.9 Å². The van der Waals surface area contributed by atoms with Crippen molar-refractivity contribution in [1.29, 1.82) is 0 Å². The molecular formula is C10H14BrClN2. The lowest BCUT2D eigenvalue weighted by molar-refractivity contribution is 0.641. The molecule has 0 fully saturated rings. The van der Waals surface area contributed by atoms with Crippen LogP contribution >= 0.6 is 28.3 Å². The fourth-order valence-electron chi connectivity index (χ4n) is 1.08. The van der Waals surface area contributed by atoms with Crippen LogP contribution < -0.4 is 5.73 Å². The highest BCUT2D eigenvalue weighted by atomic mass is 79.9. The van der Waals surface area contributed by atoms with Crippen LogP contribution in [0, 0.1) is 0 Å². The first-order chi connectivity index (χ1) is 6.24. The Labute approximate surface area is 99.1 Å². The Morgan fingerprint density at radius 1 is 1.57 bits per heavy atom. The molecule has 1 rings (SSSR count). The quantitative estimate of drug-likeness (QED) is 0.678. The highest BCUT2D eigenvalue weighted by molar-refractivity contribution is 9.10. The average Bonchev–Trinajstić information content (AvgIpc) is 2.14. The molecule has 2 N–H and O–H groups in total. The molecule has 0 amide bonds. The van der Waals surface area contributed by atoms with Crippen molar-refractivity contribution in [2.75, 3.05) is 0 Å². The normalized spacial score (nSPS) is 11.6. The van der Waals surface area contributed by atoms with Crippen LogP contribution in [-0.2, 0) is 0 Å². The van der Waals surface area contributed by atoms with Crippen molar-refractivity contribution in [3.05, 3.63) is 41.2 Å². The van der Waals surface area contributed by atoms with Crippen LogP contribution in [0.15, 0.2) is 35.5 Å². The van der Waals surface area contributed by atoms with Gasteiger partial charge in [-0.15, -0.1) is 19.0 Å². The van der Waals surface area contributed by atoms with Crippen molar-refractivity contribution in [1.82, 2.24) is 4.98 Å². The van der Waals surface area contributed by atoms with Crippen LogP contribution in [0.25, 0.3) is 0 Å². The van der Waals surface area contributed by atoms with E-state index in [4.69, 9.17) is 5.73 Å². The minimum atomic E-state index is 0. The van der Waals surface area contributed by atoms with Crippen LogP contribution in [0.5, 0.6) is 0 Å². The third kappa shape index (κ3) is 4.22. The number of allylic oxidation sites excluding steroid dienone is 1. The summed E-state index contributed by atoms with van der Waals surface area (Å²) in [5.74, 6) is 0. The second kappa shape index (κ2) is 6.98. The Balaban J connectivity index is 0.00000169. The summed E-state index contributed by atoms with van der Waals surface area (Å²) in [4.78, 5) is 4.28. The molecule has 1 heterocycles. The summed E-state index contributed by atoms with van der Waals surface area (Å²) in [6, 6.07) is 5.79. The molecule has 0 aromatic carbocycles. The minimum Gasteiger partial charge on any atom is -0.323 e. The van der Waals surface area contributed by atoms with Crippen molar-refractivity contribution in [2.45, 2.75) is 18.9 Å². The van der Waals surface area contributed by atoms with E-state index in [-0.39, 0.29) is 18.4 Å². The largest absolute Gasteiger partial charge is 0.323 e. The van der Waals surface area contributed by atoms with Crippen LogP contribution in [0.3, 0.4) is 0 Å². The van der Waals surface area contributed by atoms with E-state index in [0.29, 0.717) is 0 Å². The van der Waals surface area contributed by atoms with Gasteiger partial charge in [-0.1, -0.05) is 12.1 Å². The number of nitrogens with zero attached hydrogens (tertiary/aromatic N) is 1. The van der Waals surface area contributed by atoms with E-state index in [0.717, 1.165) is 23.1 Å². The van der Waals surface area contributed by atoms with Crippen molar-refractivity contribution in [3.63, 3.8) is 0 Å². The molecule has 4 heteroatoms. The predicted molar refractivity (Wildman–Crippen MR) is 65.5 cm³/mol.